The number of rotatable bonds is 3. The molecular formula is C17H21N5O. The zero-order chi connectivity index (χ0) is 15.8. The van der Waals surface area contributed by atoms with E-state index in [0.717, 1.165) is 48.7 Å². The van der Waals surface area contributed by atoms with Crippen molar-refractivity contribution in [1.82, 2.24) is 19.7 Å². The first-order chi connectivity index (χ1) is 11.2. The molecule has 0 saturated carbocycles. The molecule has 2 aromatic rings. The smallest absolute Gasteiger partial charge is 0.267 e. The molecule has 4 rings (SSSR count). The highest BCUT2D eigenvalue weighted by Crippen LogP contribution is 2.25. The van der Waals surface area contributed by atoms with E-state index in [1.54, 1.807) is 23.1 Å². The lowest BCUT2D eigenvalue weighted by atomic mass is 9.96. The van der Waals surface area contributed by atoms with Crippen molar-refractivity contribution in [3.8, 4) is 0 Å². The Morgan fingerprint density at radius 2 is 1.96 bits per heavy atom. The van der Waals surface area contributed by atoms with Crippen molar-refractivity contribution in [2.45, 2.75) is 39.2 Å². The first kappa shape index (κ1) is 14.4. The van der Waals surface area contributed by atoms with Crippen LogP contribution in [0.2, 0.25) is 0 Å². The van der Waals surface area contributed by atoms with Crippen molar-refractivity contribution >= 4 is 5.82 Å². The van der Waals surface area contributed by atoms with E-state index in [4.69, 9.17) is 0 Å². The van der Waals surface area contributed by atoms with Crippen LogP contribution in [0, 0.1) is 12.8 Å². The summed E-state index contributed by atoms with van der Waals surface area (Å²) in [5, 5.41) is 4.61. The van der Waals surface area contributed by atoms with Crippen molar-refractivity contribution in [3.05, 3.63) is 45.8 Å². The van der Waals surface area contributed by atoms with Gasteiger partial charge in [0.15, 0.2) is 0 Å². The molecule has 0 N–H and O–H groups in total. The zero-order valence-corrected chi connectivity index (χ0v) is 13.4. The van der Waals surface area contributed by atoms with E-state index in [9.17, 15) is 4.79 Å². The molecule has 0 radical (unpaired) electrons. The number of hydrogen-bond acceptors (Lipinski definition) is 5. The van der Waals surface area contributed by atoms with Gasteiger partial charge in [-0.15, -0.1) is 0 Å². The van der Waals surface area contributed by atoms with Gasteiger partial charge in [0.25, 0.3) is 5.56 Å². The Morgan fingerprint density at radius 3 is 2.78 bits per heavy atom. The molecule has 120 valence electrons. The molecule has 0 unspecified atom stereocenters. The number of aromatic nitrogens is 4. The second-order valence-electron chi connectivity index (χ2n) is 6.58. The van der Waals surface area contributed by atoms with Crippen LogP contribution in [0.25, 0.3) is 0 Å². The highest BCUT2D eigenvalue weighted by Gasteiger charge is 2.30. The minimum Gasteiger partial charge on any atom is -0.354 e. The molecule has 2 aromatic heterocycles. The molecule has 1 saturated heterocycles. The molecule has 1 aliphatic carbocycles. The van der Waals surface area contributed by atoms with Crippen LogP contribution in [0.4, 0.5) is 5.82 Å². The average Bonchev–Trinajstić information content (AvgIpc) is 2.52. The minimum absolute atomic E-state index is 0.0415. The quantitative estimate of drug-likeness (QED) is 0.856. The second-order valence-corrected chi connectivity index (χ2v) is 6.58. The molecule has 1 fully saturated rings. The van der Waals surface area contributed by atoms with E-state index in [1.165, 1.54) is 12.8 Å². The first-order valence-electron chi connectivity index (χ1n) is 8.33. The van der Waals surface area contributed by atoms with Gasteiger partial charge in [-0.1, -0.05) is 0 Å². The predicted molar refractivity (Wildman–Crippen MR) is 87.6 cm³/mol. The fourth-order valence-corrected chi connectivity index (χ4v) is 3.55. The van der Waals surface area contributed by atoms with Crippen molar-refractivity contribution in [3.63, 3.8) is 0 Å². The van der Waals surface area contributed by atoms with Gasteiger partial charge >= 0.3 is 0 Å². The van der Waals surface area contributed by atoms with Crippen molar-refractivity contribution in [1.29, 1.82) is 0 Å². The summed E-state index contributed by atoms with van der Waals surface area (Å²) in [6.07, 6.45) is 7.80. The second kappa shape index (κ2) is 5.76. The normalized spacial score (nSPS) is 17.7. The Balaban J connectivity index is 1.45. The maximum Gasteiger partial charge on any atom is 0.267 e. The lowest BCUT2D eigenvalue weighted by Crippen LogP contribution is -2.50. The molecule has 0 amide bonds. The molecular weight excluding hydrogens is 290 g/mol. The summed E-state index contributed by atoms with van der Waals surface area (Å²) in [6.45, 7) is 4.49. The Kier molecular flexibility index (Phi) is 3.59. The summed E-state index contributed by atoms with van der Waals surface area (Å²) < 4.78 is 1.66. The molecule has 0 bridgehead atoms. The van der Waals surface area contributed by atoms with E-state index < -0.39 is 0 Å². The third kappa shape index (κ3) is 2.73. The number of anilines is 1. The minimum atomic E-state index is 0.0415. The van der Waals surface area contributed by atoms with Gasteiger partial charge in [-0.2, -0.15) is 5.10 Å². The van der Waals surface area contributed by atoms with Crippen LogP contribution in [0.15, 0.2) is 23.3 Å². The lowest BCUT2D eigenvalue weighted by molar-refractivity contribution is 0.329. The Morgan fingerprint density at radius 1 is 1.17 bits per heavy atom. The van der Waals surface area contributed by atoms with Gasteiger partial charge in [-0.25, -0.2) is 9.67 Å². The number of aryl methyl sites for hydroxylation is 3. The average molecular weight is 311 g/mol. The fraction of sp³-hybridized carbons (Fsp3) is 0.529. The van der Waals surface area contributed by atoms with Gasteiger partial charge in [0.05, 0.1) is 17.9 Å². The summed E-state index contributed by atoms with van der Waals surface area (Å²) in [4.78, 5) is 23.1. The van der Waals surface area contributed by atoms with Crippen LogP contribution in [0.3, 0.4) is 0 Å². The standard InChI is InChI=1S/C17H21N5O/c1-12-17(19-7-6-18-12)21-9-13(10-21)11-22-16(23)8-14-4-2-3-5-15(14)20-22/h6-8,13H,2-5,9-11H2,1H3. The number of fused-ring (bicyclic) bond motifs is 1. The summed E-state index contributed by atoms with van der Waals surface area (Å²) >= 11 is 0. The van der Waals surface area contributed by atoms with Crippen LogP contribution in [0.5, 0.6) is 0 Å². The van der Waals surface area contributed by atoms with Crippen molar-refractivity contribution in [2.75, 3.05) is 18.0 Å². The first-order valence-corrected chi connectivity index (χ1v) is 8.33. The molecule has 6 heteroatoms. The molecule has 0 aromatic carbocycles. The van der Waals surface area contributed by atoms with Crippen molar-refractivity contribution < 1.29 is 0 Å². The SMILES string of the molecule is Cc1nccnc1N1CC(Cn2nc3c(cc2=O)CCCC3)C1. The highest BCUT2D eigenvalue weighted by molar-refractivity contribution is 5.44. The molecule has 0 atom stereocenters. The molecule has 0 spiro atoms. The lowest BCUT2D eigenvalue weighted by Gasteiger charge is -2.40. The molecule has 23 heavy (non-hydrogen) atoms. The van der Waals surface area contributed by atoms with E-state index in [1.807, 2.05) is 6.92 Å². The van der Waals surface area contributed by atoms with Crippen molar-refractivity contribution in [2.24, 2.45) is 5.92 Å². The Hall–Kier alpha value is -2.24. The summed E-state index contributed by atoms with van der Waals surface area (Å²) in [5.41, 5.74) is 3.27. The van der Waals surface area contributed by atoms with Gasteiger partial charge in [-0.3, -0.25) is 9.78 Å². The monoisotopic (exact) mass is 311 g/mol. The maximum atomic E-state index is 12.2. The van der Waals surface area contributed by atoms with E-state index in [-0.39, 0.29) is 5.56 Å². The maximum absolute atomic E-state index is 12.2. The van der Waals surface area contributed by atoms with Gasteiger partial charge in [0, 0.05) is 37.5 Å². The van der Waals surface area contributed by atoms with E-state index in [2.05, 4.69) is 20.0 Å². The van der Waals surface area contributed by atoms with Crippen LogP contribution >= 0.6 is 0 Å². The predicted octanol–water partition coefficient (Wildman–Crippen LogP) is 1.36. The summed E-state index contributed by atoms with van der Waals surface area (Å²) in [7, 11) is 0. The molecule has 3 heterocycles. The third-order valence-electron chi connectivity index (χ3n) is 4.82. The van der Waals surface area contributed by atoms with Crippen LogP contribution in [-0.4, -0.2) is 32.8 Å². The van der Waals surface area contributed by atoms with Gasteiger partial charge in [0.2, 0.25) is 0 Å². The highest BCUT2D eigenvalue weighted by atomic mass is 16.1. The Labute approximate surface area is 135 Å². The number of nitrogens with zero attached hydrogens (tertiary/aromatic N) is 5. The molecule has 6 nitrogen and oxygen atoms in total. The fourth-order valence-electron chi connectivity index (χ4n) is 3.55. The largest absolute Gasteiger partial charge is 0.354 e. The van der Waals surface area contributed by atoms with Crippen LogP contribution in [-0.2, 0) is 19.4 Å². The summed E-state index contributed by atoms with van der Waals surface area (Å²) in [5.74, 6) is 1.40. The molecule has 1 aliphatic heterocycles. The topological polar surface area (TPSA) is 63.9 Å². The summed E-state index contributed by atoms with van der Waals surface area (Å²) in [6, 6.07) is 1.80. The molecule has 2 aliphatic rings. The third-order valence-corrected chi connectivity index (χ3v) is 4.82. The van der Waals surface area contributed by atoms with E-state index in [0.29, 0.717) is 12.5 Å². The van der Waals surface area contributed by atoms with Crippen LogP contribution < -0.4 is 10.5 Å². The Bertz CT molecular complexity index is 779. The van der Waals surface area contributed by atoms with Gasteiger partial charge in [-0.05, 0) is 38.2 Å². The van der Waals surface area contributed by atoms with Gasteiger partial charge < -0.3 is 4.90 Å². The van der Waals surface area contributed by atoms with E-state index >= 15 is 0 Å². The zero-order valence-electron chi connectivity index (χ0n) is 13.4. The van der Waals surface area contributed by atoms with Gasteiger partial charge in [0.1, 0.15) is 5.82 Å². The number of hydrogen-bond donors (Lipinski definition) is 0. The van der Waals surface area contributed by atoms with Crippen LogP contribution in [0.1, 0.15) is 29.8 Å².